The molecule has 0 aliphatic carbocycles. The van der Waals surface area contributed by atoms with Crippen LogP contribution in [0.1, 0.15) is 16.7 Å². The highest BCUT2D eigenvalue weighted by Gasteiger charge is 2.23. The van der Waals surface area contributed by atoms with Crippen molar-refractivity contribution >= 4 is 17.6 Å². The van der Waals surface area contributed by atoms with Crippen molar-refractivity contribution in [2.45, 2.75) is 20.8 Å². The standard InChI is InChI=1S/C15H21NO4/c1-10-6-7-11(2)15(12(10)3)16(8-14(18)20-5)13(17)9-19-4/h6-7H,8-9H2,1-5H3. The third kappa shape index (κ3) is 3.57. The van der Waals surface area contributed by atoms with E-state index in [0.717, 1.165) is 22.4 Å². The molecule has 1 aromatic rings. The first-order chi connectivity index (χ1) is 9.42. The van der Waals surface area contributed by atoms with Crippen molar-refractivity contribution in [3.05, 3.63) is 28.8 Å². The SMILES string of the molecule is COCC(=O)N(CC(=O)OC)c1c(C)ccc(C)c1C. The highest BCUT2D eigenvalue weighted by molar-refractivity contribution is 5.99. The molecule has 0 atom stereocenters. The highest BCUT2D eigenvalue weighted by Crippen LogP contribution is 2.27. The third-order valence-corrected chi connectivity index (χ3v) is 3.26. The first-order valence-electron chi connectivity index (χ1n) is 6.35. The number of carbonyl (C=O) groups is 2. The lowest BCUT2D eigenvalue weighted by atomic mass is 10.0. The van der Waals surface area contributed by atoms with Gasteiger partial charge in [-0.1, -0.05) is 12.1 Å². The van der Waals surface area contributed by atoms with Gasteiger partial charge in [-0.05, 0) is 37.5 Å². The number of methoxy groups -OCH3 is 2. The van der Waals surface area contributed by atoms with Gasteiger partial charge in [0.15, 0.2) is 0 Å². The molecular formula is C15H21NO4. The molecule has 0 saturated carbocycles. The Hall–Kier alpha value is -1.88. The summed E-state index contributed by atoms with van der Waals surface area (Å²) in [5.74, 6) is -0.732. The smallest absolute Gasteiger partial charge is 0.325 e. The van der Waals surface area contributed by atoms with Gasteiger partial charge in [0.05, 0.1) is 12.8 Å². The zero-order valence-electron chi connectivity index (χ0n) is 12.6. The predicted molar refractivity (Wildman–Crippen MR) is 76.9 cm³/mol. The van der Waals surface area contributed by atoms with E-state index in [9.17, 15) is 9.59 Å². The minimum Gasteiger partial charge on any atom is -0.468 e. The van der Waals surface area contributed by atoms with Crippen molar-refractivity contribution in [2.24, 2.45) is 0 Å². The first-order valence-corrected chi connectivity index (χ1v) is 6.35. The van der Waals surface area contributed by atoms with Crippen molar-refractivity contribution in [3.8, 4) is 0 Å². The number of ether oxygens (including phenoxy) is 2. The summed E-state index contributed by atoms with van der Waals surface area (Å²) in [7, 11) is 2.75. The maximum absolute atomic E-state index is 12.2. The molecule has 1 aromatic carbocycles. The van der Waals surface area contributed by atoms with Gasteiger partial charge in [-0.3, -0.25) is 14.5 Å². The molecule has 0 N–H and O–H groups in total. The van der Waals surface area contributed by atoms with Crippen LogP contribution < -0.4 is 4.90 Å². The molecule has 0 aliphatic rings. The van der Waals surface area contributed by atoms with Crippen molar-refractivity contribution in [1.29, 1.82) is 0 Å². The lowest BCUT2D eigenvalue weighted by Gasteiger charge is -2.26. The zero-order chi connectivity index (χ0) is 15.3. The number of aryl methyl sites for hydroxylation is 2. The summed E-state index contributed by atoms with van der Waals surface area (Å²) in [5, 5.41) is 0. The summed E-state index contributed by atoms with van der Waals surface area (Å²) in [6.45, 7) is 5.61. The lowest BCUT2D eigenvalue weighted by Crippen LogP contribution is -2.39. The maximum atomic E-state index is 12.2. The first kappa shape index (κ1) is 16.2. The van der Waals surface area contributed by atoms with Gasteiger partial charge in [0.25, 0.3) is 5.91 Å². The van der Waals surface area contributed by atoms with Crippen molar-refractivity contribution in [1.82, 2.24) is 0 Å². The average molecular weight is 279 g/mol. The van der Waals surface area contributed by atoms with Gasteiger partial charge in [-0.2, -0.15) is 0 Å². The van der Waals surface area contributed by atoms with Crippen LogP contribution in [0.15, 0.2) is 12.1 Å². The van der Waals surface area contributed by atoms with Crippen LogP contribution >= 0.6 is 0 Å². The highest BCUT2D eigenvalue weighted by atomic mass is 16.5. The Balaban J connectivity index is 3.26. The quantitative estimate of drug-likeness (QED) is 0.771. The minimum absolute atomic E-state index is 0.0795. The van der Waals surface area contributed by atoms with Gasteiger partial charge >= 0.3 is 5.97 Å². The van der Waals surface area contributed by atoms with Crippen LogP contribution in [-0.4, -0.2) is 39.2 Å². The van der Waals surface area contributed by atoms with Crippen LogP contribution in [0.25, 0.3) is 0 Å². The van der Waals surface area contributed by atoms with E-state index in [1.54, 1.807) is 0 Å². The molecule has 1 amide bonds. The van der Waals surface area contributed by atoms with Crippen molar-refractivity contribution in [3.63, 3.8) is 0 Å². The van der Waals surface area contributed by atoms with Gasteiger partial charge < -0.3 is 9.47 Å². The van der Waals surface area contributed by atoms with E-state index in [2.05, 4.69) is 4.74 Å². The second kappa shape index (κ2) is 7.05. The Morgan fingerprint density at radius 1 is 1.10 bits per heavy atom. The fourth-order valence-corrected chi connectivity index (χ4v) is 2.04. The molecule has 0 aromatic heterocycles. The second-order valence-corrected chi connectivity index (χ2v) is 4.66. The molecule has 1 rings (SSSR count). The van der Waals surface area contributed by atoms with E-state index in [4.69, 9.17) is 4.74 Å². The zero-order valence-corrected chi connectivity index (χ0v) is 12.6. The van der Waals surface area contributed by atoms with Gasteiger partial charge in [0.2, 0.25) is 0 Å². The van der Waals surface area contributed by atoms with E-state index in [1.165, 1.54) is 19.1 Å². The molecule has 5 heteroatoms. The van der Waals surface area contributed by atoms with Crippen LogP contribution in [0.3, 0.4) is 0 Å². The number of anilines is 1. The monoisotopic (exact) mass is 279 g/mol. The molecule has 20 heavy (non-hydrogen) atoms. The van der Waals surface area contributed by atoms with Crippen molar-refractivity contribution in [2.75, 3.05) is 32.3 Å². The molecular weight excluding hydrogens is 258 g/mol. The number of amides is 1. The Morgan fingerprint density at radius 3 is 2.25 bits per heavy atom. The maximum Gasteiger partial charge on any atom is 0.325 e. The molecule has 0 radical (unpaired) electrons. The van der Waals surface area contributed by atoms with Crippen molar-refractivity contribution < 1.29 is 19.1 Å². The molecule has 5 nitrogen and oxygen atoms in total. The molecule has 0 bridgehead atoms. The number of hydrogen-bond donors (Lipinski definition) is 0. The number of benzene rings is 1. The Bertz CT molecular complexity index is 511. The summed E-state index contributed by atoms with van der Waals surface area (Å²) < 4.78 is 9.55. The van der Waals surface area contributed by atoms with Crippen LogP contribution in [0, 0.1) is 20.8 Å². The van der Waals surface area contributed by atoms with Crippen LogP contribution in [0.5, 0.6) is 0 Å². The topological polar surface area (TPSA) is 55.8 Å². The van der Waals surface area contributed by atoms with Crippen LogP contribution in [0.4, 0.5) is 5.69 Å². The molecule has 0 unspecified atom stereocenters. The third-order valence-electron chi connectivity index (χ3n) is 3.26. The van der Waals surface area contributed by atoms with Crippen LogP contribution in [-0.2, 0) is 19.1 Å². The second-order valence-electron chi connectivity index (χ2n) is 4.66. The van der Waals surface area contributed by atoms with Gasteiger partial charge in [-0.25, -0.2) is 0 Å². The molecule has 0 fully saturated rings. The molecule has 0 heterocycles. The summed E-state index contributed by atoms with van der Waals surface area (Å²) in [6, 6.07) is 3.92. The number of nitrogens with zero attached hydrogens (tertiary/aromatic N) is 1. The van der Waals surface area contributed by atoms with Crippen LogP contribution in [0.2, 0.25) is 0 Å². The van der Waals surface area contributed by atoms with E-state index < -0.39 is 5.97 Å². The Kier molecular flexibility index (Phi) is 5.70. The van der Waals surface area contributed by atoms with E-state index in [0.29, 0.717) is 0 Å². The summed E-state index contributed by atoms with van der Waals surface area (Å²) >= 11 is 0. The largest absolute Gasteiger partial charge is 0.468 e. The molecule has 0 spiro atoms. The number of hydrogen-bond acceptors (Lipinski definition) is 4. The van der Waals surface area contributed by atoms with E-state index >= 15 is 0 Å². The van der Waals surface area contributed by atoms with Gasteiger partial charge in [-0.15, -0.1) is 0 Å². The van der Waals surface area contributed by atoms with E-state index in [-0.39, 0.29) is 19.1 Å². The summed E-state index contributed by atoms with van der Waals surface area (Å²) in [5.41, 5.74) is 3.71. The summed E-state index contributed by atoms with van der Waals surface area (Å²) in [4.78, 5) is 25.2. The number of carbonyl (C=O) groups excluding carboxylic acids is 2. The normalized spacial score (nSPS) is 10.2. The average Bonchev–Trinajstić information content (AvgIpc) is 2.42. The Labute approximate surface area is 119 Å². The van der Waals surface area contributed by atoms with Gasteiger partial charge in [0.1, 0.15) is 13.2 Å². The predicted octanol–water partition coefficient (Wildman–Crippen LogP) is 1.76. The summed E-state index contributed by atoms with van der Waals surface area (Å²) in [6.07, 6.45) is 0. The minimum atomic E-state index is -0.463. The molecule has 0 aliphatic heterocycles. The molecule has 0 saturated heterocycles. The Morgan fingerprint density at radius 2 is 1.70 bits per heavy atom. The number of esters is 1. The molecule has 110 valence electrons. The van der Waals surface area contributed by atoms with E-state index in [1.807, 2.05) is 32.9 Å². The number of rotatable bonds is 5. The fourth-order valence-electron chi connectivity index (χ4n) is 2.04. The van der Waals surface area contributed by atoms with Gasteiger partial charge in [0, 0.05) is 7.11 Å². The fraction of sp³-hybridized carbons (Fsp3) is 0.467. The lowest BCUT2D eigenvalue weighted by molar-refractivity contribution is -0.140.